The van der Waals surface area contributed by atoms with Crippen molar-refractivity contribution < 1.29 is 13.2 Å². The fourth-order valence-electron chi connectivity index (χ4n) is 2.76. The van der Waals surface area contributed by atoms with E-state index in [0.717, 1.165) is 5.69 Å². The molecule has 2 heterocycles. The highest BCUT2D eigenvalue weighted by Gasteiger charge is 2.34. The molecular weight excluding hydrogens is 352 g/mol. The van der Waals surface area contributed by atoms with Crippen molar-refractivity contribution in [1.82, 2.24) is 19.4 Å². The van der Waals surface area contributed by atoms with Gasteiger partial charge in [0.1, 0.15) is 0 Å². The van der Waals surface area contributed by atoms with Gasteiger partial charge < -0.3 is 5.32 Å². The summed E-state index contributed by atoms with van der Waals surface area (Å²) in [4.78, 5) is 11.9. The summed E-state index contributed by atoms with van der Waals surface area (Å²) in [6.07, 6.45) is 1.78. The van der Waals surface area contributed by atoms with E-state index < -0.39 is 10.0 Å². The van der Waals surface area contributed by atoms with Crippen LogP contribution in [-0.4, -0.2) is 42.0 Å². The molecule has 0 bridgehead atoms. The fraction of sp³-hybridized carbons (Fsp3) is 0.333. The number of benzene rings is 1. The maximum atomic E-state index is 12.9. The summed E-state index contributed by atoms with van der Waals surface area (Å²) in [6, 6.07) is 7.48. The van der Waals surface area contributed by atoms with Crippen LogP contribution in [0, 0.1) is 0 Å². The van der Waals surface area contributed by atoms with Crippen molar-refractivity contribution in [2.45, 2.75) is 23.9 Å². The first-order valence-electron chi connectivity index (χ1n) is 7.40. The van der Waals surface area contributed by atoms with Gasteiger partial charge in [0.25, 0.3) is 0 Å². The molecule has 0 saturated heterocycles. The van der Waals surface area contributed by atoms with Crippen molar-refractivity contribution in [2.75, 3.05) is 13.6 Å². The van der Waals surface area contributed by atoms with Crippen molar-refractivity contribution in [3.63, 3.8) is 0 Å². The van der Waals surface area contributed by atoms with E-state index in [1.54, 1.807) is 36.1 Å². The quantitative estimate of drug-likeness (QED) is 0.884. The van der Waals surface area contributed by atoms with E-state index in [2.05, 4.69) is 10.4 Å². The minimum absolute atomic E-state index is 0.160. The second kappa shape index (κ2) is 6.54. The molecule has 128 valence electrons. The van der Waals surface area contributed by atoms with Crippen LogP contribution in [0.3, 0.4) is 0 Å². The number of fused-ring (bicyclic) bond motifs is 1. The van der Waals surface area contributed by atoms with Gasteiger partial charge in [0.05, 0.1) is 29.6 Å². The first kappa shape index (κ1) is 16.9. The molecule has 1 aliphatic rings. The van der Waals surface area contributed by atoms with E-state index in [1.807, 2.05) is 0 Å². The molecule has 0 saturated carbocycles. The molecule has 0 spiro atoms. The van der Waals surface area contributed by atoms with Crippen molar-refractivity contribution >= 4 is 27.5 Å². The molecular formula is C15H17ClN4O3S. The van der Waals surface area contributed by atoms with Gasteiger partial charge in [-0.25, -0.2) is 8.42 Å². The van der Waals surface area contributed by atoms with Crippen LogP contribution in [0.5, 0.6) is 0 Å². The molecule has 1 unspecified atom stereocenters. The molecule has 24 heavy (non-hydrogen) atoms. The number of nitrogens with one attached hydrogen (secondary N) is 1. The highest BCUT2D eigenvalue weighted by Crippen LogP contribution is 2.28. The van der Waals surface area contributed by atoms with Gasteiger partial charge in [0, 0.05) is 24.8 Å². The maximum Gasteiger partial charge on any atom is 0.243 e. The molecule has 1 aromatic carbocycles. The van der Waals surface area contributed by atoms with Crippen LogP contribution in [0.1, 0.15) is 18.2 Å². The zero-order valence-corrected chi connectivity index (χ0v) is 14.6. The number of carbonyl (C=O) groups excluding carboxylic acids is 1. The van der Waals surface area contributed by atoms with Gasteiger partial charge in [-0.15, -0.1) is 0 Å². The van der Waals surface area contributed by atoms with E-state index in [0.29, 0.717) is 5.02 Å². The Kier molecular flexibility index (Phi) is 4.62. The number of hydrogen-bond acceptors (Lipinski definition) is 4. The van der Waals surface area contributed by atoms with Gasteiger partial charge >= 0.3 is 0 Å². The van der Waals surface area contributed by atoms with Gasteiger partial charge in [-0.1, -0.05) is 11.6 Å². The monoisotopic (exact) mass is 368 g/mol. The molecule has 9 heteroatoms. The Hall–Kier alpha value is -1.90. The second-order valence-corrected chi connectivity index (χ2v) is 7.92. The van der Waals surface area contributed by atoms with Crippen LogP contribution in [0.2, 0.25) is 5.02 Å². The van der Waals surface area contributed by atoms with E-state index in [9.17, 15) is 13.2 Å². The lowest BCUT2D eigenvalue weighted by Crippen LogP contribution is -2.42. The summed E-state index contributed by atoms with van der Waals surface area (Å²) in [6.45, 7) is 0.405. The van der Waals surface area contributed by atoms with Crippen LogP contribution in [-0.2, 0) is 21.4 Å². The zero-order valence-electron chi connectivity index (χ0n) is 13.0. The number of sulfonamides is 1. The molecule has 1 aliphatic heterocycles. The van der Waals surface area contributed by atoms with Crippen LogP contribution in [0.4, 0.5) is 0 Å². The fourth-order valence-corrected chi connectivity index (χ4v) is 4.33. The molecule has 0 fully saturated rings. The normalized spacial score (nSPS) is 18.2. The number of aromatic nitrogens is 2. The highest BCUT2D eigenvalue weighted by atomic mass is 35.5. The Balaban J connectivity index is 1.92. The summed E-state index contributed by atoms with van der Waals surface area (Å²) in [5.41, 5.74) is 0.757. The Morgan fingerprint density at radius 2 is 2.04 bits per heavy atom. The minimum Gasteiger partial charge on any atom is -0.359 e. The third kappa shape index (κ3) is 3.17. The third-order valence-electron chi connectivity index (χ3n) is 4.00. The molecule has 1 atom stereocenters. The lowest BCUT2D eigenvalue weighted by Gasteiger charge is -2.32. The Bertz CT molecular complexity index is 848. The summed E-state index contributed by atoms with van der Waals surface area (Å²) < 4.78 is 28.9. The average Bonchev–Trinajstić information content (AvgIpc) is 3.04. The third-order valence-corrected chi connectivity index (χ3v) is 6.08. The number of rotatable bonds is 4. The second-order valence-electron chi connectivity index (χ2n) is 5.55. The van der Waals surface area contributed by atoms with Crippen LogP contribution >= 0.6 is 11.6 Å². The standard InChI is InChI=1S/C15H17ClN4O3S/c1-17-15(21)8-13-10-19(9-12-6-7-18-20(12)13)24(22,23)14-4-2-11(16)3-5-14/h2-7,13H,8-10H2,1H3,(H,17,21). The van der Waals surface area contributed by atoms with E-state index >= 15 is 0 Å². The van der Waals surface area contributed by atoms with Crippen molar-refractivity contribution in [3.05, 3.63) is 47.2 Å². The summed E-state index contributed by atoms with van der Waals surface area (Å²) in [5, 5.41) is 7.26. The summed E-state index contributed by atoms with van der Waals surface area (Å²) in [5.74, 6) is -0.160. The topological polar surface area (TPSA) is 84.3 Å². The summed E-state index contributed by atoms with van der Waals surface area (Å²) in [7, 11) is -2.12. The minimum atomic E-state index is -3.67. The lowest BCUT2D eigenvalue weighted by molar-refractivity contribution is -0.121. The number of halogens is 1. The van der Waals surface area contributed by atoms with Crippen molar-refractivity contribution in [2.24, 2.45) is 0 Å². The predicted molar refractivity (Wildman–Crippen MR) is 89.0 cm³/mol. The molecule has 2 aromatic rings. The van der Waals surface area contributed by atoms with Gasteiger partial charge in [-0.3, -0.25) is 9.48 Å². The molecule has 1 aromatic heterocycles. The zero-order chi connectivity index (χ0) is 17.3. The van der Waals surface area contributed by atoms with Crippen LogP contribution in [0.25, 0.3) is 0 Å². The Labute approximate surface area is 145 Å². The largest absolute Gasteiger partial charge is 0.359 e. The van der Waals surface area contributed by atoms with Gasteiger partial charge in [0.15, 0.2) is 0 Å². The molecule has 3 rings (SSSR count). The van der Waals surface area contributed by atoms with E-state index in [-0.39, 0.29) is 36.4 Å². The number of carbonyl (C=O) groups is 1. The number of amides is 1. The Morgan fingerprint density at radius 3 is 2.71 bits per heavy atom. The molecule has 1 amide bonds. The average molecular weight is 369 g/mol. The SMILES string of the molecule is CNC(=O)CC1CN(S(=O)(=O)c2ccc(Cl)cc2)Cc2ccnn21. The van der Waals surface area contributed by atoms with Gasteiger partial charge in [-0.05, 0) is 30.3 Å². The predicted octanol–water partition coefficient (Wildman–Crippen LogP) is 1.42. The number of nitrogens with zero attached hydrogens (tertiary/aromatic N) is 3. The van der Waals surface area contributed by atoms with Crippen LogP contribution < -0.4 is 5.32 Å². The maximum absolute atomic E-state index is 12.9. The molecule has 0 aliphatic carbocycles. The first-order valence-corrected chi connectivity index (χ1v) is 9.22. The molecule has 7 nitrogen and oxygen atoms in total. The van der Waals surface area contributed by atoms with Crippen LogP contribution in [0.15, 0.2) is 41.4 Å². The number of hydrogen-bond donors (Lipinski definition) is 1. The van der Waals surface area contributed by atoms with Gasteiger partial charge in [-0.2, -0.15) is 9.40 Å². The van der Waals surface area contributed by atoms with E-state index in [1.165, 1.54) is 16.4 Å². The molecule has 0 radical (unpaired) electrons. The Morgan fingerprint density at radius 1 is 1.33 bits per heavy atom. The van der Waals surface area contributed by atoms with E-state index in [4.69, 9.17) is 11.6 Å². The van der Waals surface area contributed by atoms with Gasteiger partial charge in [0.2, 0.25) is 15.9 Å². The smallest absolute Gasteiger partial charge is 0.243 e. The summed E-state index contributed by atoms with van der Waals surface area (Å²) >= 11 is 5.83. The van der Waals surface area contributed by atoms with Crippen molar-refractivity contribution in [3.8, 4) is 0 Å². The first-order chi connectivity index (χ1) is 11.4. The highest BCUT2D eigenvalue weighted by molar-refractivity contribution is 7.89. The molecule has 1 N–H and O–H groups in total. The lowest BCUT2D eigenvalue weighted by atomic mass is 10.1. The van der Waals surface area contributed by atoms with Crippen molar-refractivity contribution in [1.29, 1.82) is 0 Å².